The monoisotopic (exact) mass is 349 g/mol. The van der Waals surface area contributed by atoms with E-state index in [1.165, 1.54) is 18.0 Å². The van der Waals surface area contributed by atoms with Gasteiger partial charge in [0.25, 0.3) is 5.91 Å². The molecule has 2 aromatic rings. The van der Waals surface area contributed by atoms with Gasteiger partial charge in [0, 0.05) is 25.5 Å². The Bertz CT molecular complexity index is 755. The number of hydrogen-bond donors (Lipinski definition) is 2. The summed E-state index contributed by atoms with van der Waals surface area (Å²) < 4.78 is 40.0. The Morgan fingerprint density at radius 2 is 2.09 bits per heavy atom. The van der Waals surface area contributed by atoms with Crippen LogP contribution in [0.15, 0.2) is 6.07 Å². The zero-order valence-electron chi connectivity index (χ0n) is 12.0. The first-order valence-electron chi connectivity index (χ1n) is 6.87. The molecule has 0 aliphatic carbocycles. The van der Waals surface area contributed by atoms with E-state index in [-0.39, 0.29) is 34.6 Å². The van der Waals surface area contributed by atoms with Crippen molar-refractivity contribution in [3.05, 3.63) is 16.6 Å². The molecule has 1 aliphatic heterocycles. The van der Waals surface area contributed by atoms with Crippen molar-refractivity contribution in [1.82, 2.24) is 14.7 Å². The van der Waals surface area contributed by atoms with E-state index >= 15 is 0 Å². The molecule has 0 saturated carbocycles. The number of aromatic nitrogens is 2. The standard InChI is InChI=1S/C13H14F3N3O3S/c1-18-12-6(10(17-18)13(14,15)16)4-9(23-12)11(22)19-3-2-7(20)8(21)5-19/h4,7-8,20-21H,2-3,5H2,1H3/t7-,8-/m0/s1. The maximum atomic E-state index is 13.0. The number of nitrogens with zero attached hydrogens (tertiary/aromatic N) is 3. The van der Waals surface area contributed by atoms with Crippen LogP contribution in [0.2, 0.25) is 0 Å². The molecule has 3 rings (SSSR count). The van der Waals surface area contributed by atoms with Crippen LogP contribution in [-0.2, 0) is 13.2 Å². The van der Waals surface area contributed by atoms with Gasteiger partial charge in [0.2, 0.25) is 0 Å². The molecule has 23 heavy (non-hydrogen) atoms. The predicted octanol–water partition coefficient (Wildman–Crippen LogP) is 1.22. The molecule has 2 aromatic heterocycles. The summed E-state index contributed by atoms with van der Waals surface area (Å²) >= 11 is 0.930. The first-order valence-corrected chi connectivity index (χ1v) is 7.69. The Hall–Kier alpha value is -1.65. The van der Waals surface area contributed by atoms with E-state index in [4.69, 9.17) is 0 Å². The number of amides is 1. The number of aliphatic hydroxyl groups excluding tert-OH is 2. The zero-order valence-corrected chi connectivity index (χ0v) is 12.9. The lowest BCUT2D eigenvalue weighted by Crippen LogP contribution is -2.48. The zero-order chi connectivity index (χ0) is 16.9. The van der Waals surface area contributed by atoms with Crippen LogP contribution in [0.1, 0.15) is 21.8 Å². The summed E-state index contributed by atoms with van der Waals surface area (Å²) in [4.78, 5) is 14.2. The van der Waals surface area contributed by atoms with Gasteiger partial charge in [-0.05, 0) is 12.5 Å². The lowest BCUT2D eigenvalue weighted by Gasteiger charge is -2.33. The second kappa shape index (κ2) is 5.46. The van der Waals surface area contributed by atoms with Crippen LogP contribution in [0.3, 0.4) is 0 Å². The largest absolute Gasteiger partial charge is 0.435 e. The molecule has 1 saturated heterocycles. The molecule has 0 aromatic carbocycles. The number of aliphatic hydroxyl groups is 2. The average Bonchev–Trinajstić information content (AvgIpc) is 3.01. The molecule has 126 valence electrons. The minimum absolute atomic E-state index is 0.0430. The van der Waals surface area contributed by atoms with Crippen molar-refractivity contribution < 1.29 is 28.2 Å². The van der Waals surface area contributed by atoms with Crippen molar-refractivity contribution in [2.24, 2.45) is 7.05 Å². The van der Waals surface area contributed by atoms with Crippen molar-refractivity contribution >= 4 is 27.5 Å². The number of fused-ring (bicyclic) bond motifs is 1. The van der Waals surface area contributed by atoms with Gasteiger partial charge in [0.1, 0.15) is 4.83 Å². The number of likely N-dealkylation sites (tertiary alicyclic amines) is 1. The van der Waals surface area contributed by atoms with Gasteiger partial charge in [-0.25, -0.2) is 0 Å². The third kappa shape index (κ3) is 2.81. The maximum absolute atomic E-state index is 13.0. The number of carbonyl (C=O) groups is 1. The molecule has 0 unspecified atom stereocenters. The second-order valence-corrected chi connectivity index (χ2v) is 6.50. The summed E-state index contributed by atoms with van der Waals surface area (Å²) in [7, 11) is 1.39. The van der Waals surface area contributed by atoms with Crippen molar-refractivity contribution in [2.45, 2.75) is 24.8 Å². The fraction of sp³-hybridized carbons (Fsp3) is 0.538. The Morgan fingerprint density at radius 1 is 1.39 bits per heavy atom. The summed E-state index contributed by atoms with van der Waals surface area (Å²) in [5.41, 5.74) is -1.01. The molecule has 1 amide bonds. The number of rotatable bonds is 1. The molecule has 0 bridgehead atoms. The molecule has 2 atom stereocenters. The average molecular weight is 349 g/mol. The number of thiophene rings is 1. The highest BCUT2D eigenvalue weighted by Crippen LogP contribution is 2.37. The van der Waals surface area contributed by atoms with Gasteiger partial charge >= 0.3 is 6.18 Å². The highest BCUT2D eigenvalue weighted by Gasteiger charge is 2.38. The first-order chi connectivity index (χ1) is 10.7. The van der Waals surface area contributed by atoms with Crippen LogP contribution < -0.4 is 0 Å². The summed E-state index contributed by atoms with van der Waals surface area (Å²) in [6.07, 6.45) is -6.29. The highest BCUT2D eigenvalue weighted by atomic mass is 32.1. The third-order valence-electron chi connectivity index (χ3n) is 3.82. The number of β-amino-alcohol motifs (C(OH)–C–C–N with tert-alkyl or cyclic N) is 1. The van der Waals surface area contributed by atoms with E-state index in [1.807, 2.05) is 0 Å². The van der Waals surface area contributed by atoms with Gasteiger partial charge < -0.3 is 15.1 Å². The molecule has 1 fully saturated rings. The summed E-state index contributed by atoms with van der Waals surface area (Å²) in [6.45, 7) is 0.203. The van der Waals surface area contributed by atoms with E-state index in [0.29, 0.717) is 0 Å². The number of hydrogen-bond acceptors (Lipinski definition) is 5. The Labute approximate surface area is 132 Å². The van der Waals surface area contributed by atoms with E-state index < -0.39 is 30.0 Å². The van der Waals surface area contributed by atoms with Gasteiger partial charge in [-0.15, -0.1) is 11.3 Å². The third-order valence-corrected chi connectivity index (χ3v) is 5.01. The summed E-state index contributed by atoms with van der Waals surface area (Å²) in [5, 5.41) is 22.5. The van der Waals surface area contributed by atoms with Gasteiger partial charge in [-0.2, -0.15) is 18.3 Å². The molecule has 0 spiro atoms. The van der Waals surface area contributed by atoms with Crippen molar-refractivity contribution in [3.63, 3.8) is 0 Å². The number of alkyl halides is 3. The van der Waals surface area contributed by atoms with Crippen LogP contribution in [0.4, 0.5) is 13.2 Å². The highest BCUT2D eigenvalue weighted by molar-refractivity contribution is 7.20. The number of halogens is 3. The molecule has 0 radical (unpaired) electrons. The van der Waals surface area contributed by atoms with Crippen molar-refractivity contribution in [3.8, 4) is 0 Å². The first kappa shape index (κ1) is 16.2. The van der Waals surface area contributed by atoms with Crippen LogP contribution in [0, 0.1) is 0 Å². The van der Waals surface area contributed by atoms with Gasteiger partial charge in [-0.3, -0.25) is 9.48 Å². The minimum atomic E-state index is -4.59. The molecule has 3 heterocycles. The molecule has 10 heteroatoms. The van der Waals surface area contributed by atoms with Gasteiger partial charge in [0.05, 0.1) is 17.1 Å². The maximum Gasteiger partial charge on any atom is 0.435 e. The molecular weight excluding hydrogens is 335 g/mol. The predicted molar refractivity (Wildman–Crippen MR) is 76.1 cm³/mol. The SMILES string of the molecule is Cn1nc(C(F)(F)F)c2cc(C(=O)N3CC[C@H](O)[C@@H](O)C3)sc21. The van der Waals surface area contributed by atoms with Crippen molar-refractivity contribution in [1.29, 1.82) is 0 Å². The van der Waals surface area contributed by atoms with E-state index in [0.717, 1.165) is 16.0 Å². The summed E-state index contributed by atoms with van der Waals surface area (Å²) in [5.74, 6) is -0.453. The van der Waals surface area contributed by atoms with E-state index in [2.05, 4.69) is 5.10 Å². The van der Waals surface area contributed by atoms with Crippen LogP contribution in [0.5, 0.6) is 0 Å². The van der Waals surface area contributed by atoms with Crippen LogP contribution in [0.25, 0.3) is 10.2 Å². The van der Waals surface area contributed by atoms with Crippen LogP contribution in [-0.4, -0.2) is 56.1 Å². The van der Waals surface area contributed by atoms with E-state index in [1.54, 1.807) is 0 Å². The quantitative estimate of drug-likeness (QED) is 0.812. The Morgan fingerprint density at radius 3 is 2.70 bits per heavy atom. The number of carbonyl (C=O) groups excluding carboxylic acids is 1. The molecule has 2 N–H and O–H groups in total. The number of aryl methyl sites for hydroxylation is 1. The van der Waals surface area contributed by atoms with E-state index in [9.17, 15) is 28.2 Å². The molecular formula is C13H14F3N3O3S. The number of piperidine rings is 1. The normalized spacial score (nSPS) is 22.8. The lowest BCUT2D eigenvalue weighted by molar-refractivity contribution is -0.140. The summed E-state index contributed by atoms with van der Waals surface area (Å²) in [6, 6.07) is 1.19. The fourth-order valence-electron chi connectivity index (χ4n) is 2.62. The lowest BCUT2D eigenvalue weighted by atomic mass is 10.1. The van der Waals surface area contributed by atoms with Crippen molar-refractivity contribution in [2.75, 3.05) is 13.1 Å². The second-order valence-electron chi connectivity index (χ2n) is 5.47. The van der Waals surface area contributed by atoms with Gasteiger partial charge in [0.15, 0.2) is 5.69 Å². The minimum Gasteiger partial charge on any atom is -0.390 e. The topological polar surface area (TPSA) is 78.6 Å². The van der Waals surface area contributed by atoms with Crippen LogP contribution >= 0.6 is 11.3 Å². The Balaban J connectivity index is 1.93. The van der Waals surface area contributed by atoms with Gasteiger partial charge in [-0.1, -0.05) is 0 Å². The fourth-order valence-corrected chi connectivity index (χ4v) is 3.66. The molecule has 1 aliphatic rings. The smallest absolute Gasteiger partial charge is 0.390 e. The Kier molecular flexibility index (Phi) is 3.85. The molecule has 6 nitrogen and oxygen atoms in total.